The van der Waals surface area contributed by atoms with Crippen molar-refractivity contribution in [3.05, 3.63) is 28.3 Å². The van der Waals surface area contributed by atoms with Crippen LogP contribution in [0.4, 0.5) is 11.4 Å². The zero-order valence-corrected chi connectivity index (χ0v) is 12.7. The first-order valence-corrected chi connectivity index (χ1v) is 6.69. The molecular formula is C14H21N3O4. The summed E-state index contributed by atoms with van der Waals surface area (Å²) in [6.07, 6.45) is 0. The summed E-state index contributed by atoms with van der Waals surface area (Å²) >= 11 is 0. The third-order valence-corrected chi connectivity index (χ3v) is 2.44. The molecule has 1 aromatic carbocycles. The van der Waals surface area contributed by atoms with Crippen molar-refractivity contribution in [1.29, 1.82) is 0 Å². The Morgan fingerprint density at radius 1 is 1.38 bits per heavy atom. The summed E-state index contributed by atoms with van der Waals surface area (Å²) in [6.45, 7) is 7.62. The lowest BCUT2D eigenvalue weighted by molar-refractivity contribution is -0.384. The number of nitro groups is 1. The molecule has 1 amide bonds. The summed E-state index contributed by atoms with van der Waals surface area (Å²) < 4.78 is 5.24. The summed E-state index contributed by atoms with van der Waals surface area (Å²) in [6, 6.07) is 4.72. The maximum absolute atomic E-state index is 11.7. The van der Waals surface area contributed by atoms with Crippen molar-refractivity contribution in [1.82, 2.24) is 5.32 Å². The number of carbonyl (C=O) groups is 1. The average Bonchev–Trinajstić information content (AvgIpc) is 2.34. The number of amides is 1. The number of hydrogen-bond donors (Lipinski definition) is 2. The van der Waals surface area contributed by atoms with Gasteiger partial charge in [0, 0.05) is 5.54 Å². The van der Waals surface area contributed by atoms with E-state index in [1.54, 1.807) is 19.1 Å². The van der Waals surface area contributed by atoms with Gasteiger partial charge in [-0.2, -0.15) is 0 Å². The molecule has 116 valence electrons. The Kier molecular flexibility index (Phi) is 5.52. The van der Waals surface area contributed by atoms with E-state index < -0.39 is 4.92 Å². The van der Waals surface area contributed by atoms with Crippen molar-refractivity contribution < 1.29 is 14.5 Å². The molecule has 1 aromatic rings. The number of benzene rings is 1. The number of nitro benzene ring substituents is 1. The molecule has 2 N–H and O–H groups in total. The summed E-state index contributed by atoms with van der Waals surface area (Å²) in [7, 11) is 0. The van der Waals surface area contributed by atoms with E-state index >= 15 is 0 Å². The fourth-order valence-corrected chi connectivity index (χ4v) is 1.76. The Bertz CT molecular complexity index is 523. The zero-order chi connectivity index (χ0) is 16.0. The minimum Gasteiger partial charge on any atom is -0.487 e. The second kappa shape index (κ2) is 6.92. The van der Waals surface area contributed by atoms with Gasteiger partial charge in [0.15, 0.2) is 5.75 Å². The van der Waals surface area contributed by atoms with Crippen LogP contribution >= 0.6 is 0 Å². The molecule has 0 saturated carbocycles. The van der Waals surface area contributed by atoms with Crippen LogP contribution in [-0.4, -0.2) is 29.5 Å². The van der Waals surface area contributed by atoms with Gasteiger partial charge in [0.1, 0.15) is 5.69 Å². The van der Waals surface area contributed by atoms with E-state index in [-0.39, 0.29) is 35.1 Å². The molecule has 0 aliphatic carbocycles. The molecule has 0 saturated heterocycles. The van der Waals surface area contributed by atoms with E-state index in [1.807, 2.05) is 20.8 Å². The summed E-state index contributed by atoms with van der Waals surface area (Å²) in [5.41, 5.74) is -0.254. The second-order valence-electron chi connectivity index (χ2n) is 5.49. The average molecular weight is 295 g/mol. The SMILES string of the molecule is CCOc1cccc(NCC(=O)NC(C)(C)C)c1[N+](=O)[O-]. The van der Waals surface area contributed by atoms with Gasteiger partial charge in [-0.05, 0) is 39.8 Å². The van der Waals surface area contributed by atoms with Gasteiger partial charge in [-0.25, -0.2) is 0 Å². The molecule has 21 heavy (non-hydrogen) atoms. The van der Waals surface area contributed by atoms with Crippen LogP contribution in [0.1, 0.15) is 27.7 Å². The fourth-order valence-electron chi connectivity index (χ4n) is 1.76. The lowest BCUT2D eigenvalue weighted by Crippen LogP contribution is -2.43. The van der Waals surface area contributed by atoms with Crippen LogP contribution in [0.2, 0.25) is 0 Å². The molecule has 1 rings (SSSR count). The molecule has 0 heterocycles. The van der Waals surface area contributed by atoms with Gasteiger partial charge in [0.2, 0.25) is 5.91 Å². The summed E-state index contributed by atoms with van der Waals surface area (Å²) in [4.78, 5) is 22.4. The molecule has 0 aliphatic rings. The second-order valence-corrected chi connectivity index (χ2v) is 5.49. The van der Waals surface area contributed by atoms with E-state index in [4.69, 9.17) is 4.74 Å². The van der Waals surface area contributed by atoms with Crippen molar-refractivity contribution in [2.45, 2.75) is 33.2 Å². The van der Waals surface area contributed by atoms with Gasteiger partial charge in [-0.3, -0.25) is 14.9 Å². The highest BCUT2D eigenvalue weighted by Gasteiger charge is 2.21. The quantitative estimate of drug-likeness (QED) is 0.620. The van der Waals surface area contributed by atoms with Crippen LogP contribution in [0.3, 0.4) is 0 Å². The van der Waals surface area contributed by atoms with Gasteiger partial charge in [-0.1, -0.05) is 6.07 Å². The third kappa shape index (κ3) is 5.29. The molecule has 0 bridgehead atoms. The van der Waals surface area contributed by atoms with Crippen LogP contribution in [0.5, 0.6) is 5.75 Å². The number of nitrogens with one attached hydrogen (secondary N) is 2. The van der Waals surface area contributed by atoms with E-state index in [0.717, 1.165) is 0 Å². The standard InChI is InChI=1S/C14H21N3O4/c1-5-21-11-8-6-7-10(13(11)17(19)20)15-9-12(18)16-14(2,3)4/h6-8,15H,5,9H2,1-4H3,(H,16,18). The smallest absolute Gasteiger partial charge is 0.333 e. The van der Waals surface area contributed by atoms with E-state index in [9.17, 15) is 14.9 Å². The van der Waals surface area contributed by atoms with Crippen molar-refractivity contribution >= 4 is 17.3 Å². The maximum Gasteiger partial charge on any atom is 0.333 e. The van der Waals surface area contributed by atoms with Gasteiger partial charge in [0.05, 0.1) is 18.1 Å². The van der Waals surface area contributed by atoms with E-state index in [1.165, 1.54) is 6.07 Å². The molecule has 7 heteroatoms. The van der Waals surface area contributed by atoms with Gasteiger partial charge in [0.25, 0.3) is 0 Å². The topological polar surface area (TPSA) is 93.5 Å². The summed E-state index contributed by atoms with van der Waals surface area (Å²) in [5, 5.41) is 16.7. The first-order chi connectivity index (χ1) is 9.74. The van der Waals surface area contributed by atoms with Crippen LogP contribution in [-0.2, 0) is 4.79 Å². The summed E-state index contributed by atoms with van der Waals surface area (Å²) in [5.74, 6) is -0.0534. The largest absolute Gasteiger partial charge is 0.487 e. The van der Waals surface area contributed by atoms with Crippen molar-refractivity contribution in [2.75, 3.05) is 18.5 Å². The molecule has 0 radical (unpaired) electrons. The molecule has 0 atom stereocenters. The molecule has 0 spiro atoms. The predicted molar refractivity (Wildman–Crippen MR) is 80.7 cm³/mol. The van der Waals surface area contributed by atoms with E-state index in [0.29, 0.717) is 6.61 Å². The van der Waals surface area contributed by atoms with Crippen LogP contribution in [0, 0.1) is 10.1 Å². The minimum atomic E-state index is -0.519. The molecule has 0 unspecified atom stereocenters. The van der Waals surface area contributed by atoms with Gasteiger partial charge >= 0.3 is 5.69 Å². The van der Waals surface area contributed by atoms with Crippen molar-refractivity contribution in [3.8, 4) is 5.75 Å². The first-order valence-electron chi connectivity index (χ1n) is 6.69. The number of nitrogens with zero attached hydrogens (tertiary/aromatic N) is 1. The number of carbonyl (C=O) groups excluding carboxylic acids is 1. The minimum absolute atomic E-state index is 0.0479. The van der Waals surface area contributed by atoms with Crippen LogP contribution < -0.4 is 15.4 Å². The molecule has 0 fully saturated rings. The number of hydrogen-bond acceptors (Lipinski definition) is 5. The molecule has 7 nitrogen and oxygen atoms in total. The number of para-hydroxylation sites is 1. The number of ether oxygens (including phenoxy) is 1. The Balaban J connectivity index is 2.86. The van der Waals surface area contributed by atoms with Gasteiger partial charge < -0.3 is 15.4 Å². The normalized spacial score (nSPS) is 10.9. The third-order valence-electron chi connectivity index (χ3n) is 2.44. The van der Waals surface area contributed by atoms with Crippen LogP contribution in [0.25, 0.3) is 0 Å². The predicted octanol–water partition coefficient (Wildman–Crippen LogP) is 2.32. The Morgan fingerprint density at radius 2 is 2.05 bits per heavy atom. The van der Waals surface area contributed by atoms with Crippen molar-refractivity contribution in [2.24, 2.45) is 0 Å². The monoisotopic (exact) mass is 295 g/mol. The Morgan fingerprint density at radius 3 is 2.57 bits per heavy atom. The first kappa shape index (κ1) is 16.7. The molecule has 0 aliphatic heterocycles. The van der Waals surface area contributed by atoms with Crippen LogP contribution in [0.15, 0.2) is 18.2 Å². The fraction of sp³-hybridized carbons (Fsp3) is 0.500. The van der Waals surface area contributed by atoms with E-state index in [2.05, 4.69) is 10.6 Å². The molecular weight excluding hydrogens is 274 g/mol. The Labute approximate surface area is 123 Å². The maximum atomic E-state index is 11.7. The number of rotatable bonds is 6. The number of anilines is 1. The lowest BCUT2D eigenvalue weighted by Gasteiger charge is -2.20. The van der Waals surface area contributed by atoms with Gasteiger partial charge in [-0.15, -0.1) is 0 Å². The molecule has 0 aromatic heterocycles. The highest BCUT2D eigenvalue weighted by Crippen LogP contribution is 2.34. The van der Waals surface area contributed by atoms with Crippen molar-refractivity contribution in [3.63, 3.8) is 0 Å². The Hall–Kier alpha value is -2.31. The highest BCUT2D eigenvalue weighted by molar-refractivity contribution is 5.82. The highest BCUT2D eigenvalue weighted by atomic mass is 16.6. The zero-order valence-electron chi connectivity index (χ0n) is 12.7. The lowest BCUT2D eigenvalue weighted by atomic mass is 10.1.